The van der Waals surface area contributed by atoms with E-state index >= 15 is 0 Å². The number of sulfone groups is 1. The first-order valence-electron chi connectivity index (χ1n) is 6.80. The summed E-state index contributed by atoms with van der Waals surface area (Å²) in [5.41, 5.74) is 0.855. The van der Waals surface area contributed by atoms with E-state index in [2.05, 4.69) is 0 Å². The average Bonchev–Trinajstić information content (AvgIpc) is 2.83. The fourth-order valence-corrected chi connectivity index (χ4v) is 4.08. The summed E-state index contributed by atoms with van der Waals surface area (Å²) in [6, 6.07) is 8.82. The van der Waals surface area contributed by atoms with Gasteiger partial charge in [-0.05, 0) is 12.0 Å². The molecule has 0 aromatic heterocycles. The first kappa shape index (κ1) is 15.8. The largest absolute Gasteiger partial charge is 0.445 e. The molecule has 1 unspecified atom stereocenters. The smallest absolute Gasteiger partial charge is 0.410 e. The minimum Gasteiger partial charge on any atom is -0.445 e. The summed E-state index contributed by atoms with van der Waals surface area (Å²) in [5.74, 6) is 0.0129. The number of hydrogen-bond acceptors (Lipinski definition) is 5. The summed E-state index contributed by atoms with van der Waals surface area (Å²) < 4.78 is 28.2. The highest BCUT2D eigenvalue weighted by Crippen LogP contribution is 2.18. The molecule has 6 nitrogen and oxygen atoms in total. The Labute approximate surface area is 124 Å². The highest BCUT2D eigenvalue weighted by Gasteiger charge is 2.35. The zero-order chi connectivity index (χ0) is 15.3. The lowest BCUT2D eigenvalue weighted by Gasteiger charge is -2.26. The van der Waals surface area contributed by atoms with Gasteiger partial charge < -0.3 is 14.7 Å². The van der Waals surface area contributed by atoms with Gasteiger partial charge in [-0.2, -0.15) is 0 Å². The fraction of sp³-hybridized carbons (Fsp3) is 0.500. The van der Waals surface area contributed by atoms with E-state index in [4.69, 9.17) is 9.84 Å². The Morgan fingerprint density at radius 1 is 1.33 bits per heavy atom. The van der Waals surface area contributed by atoms with Crippen molar-refractivity contribution in [3.8, 4) is 0 Å². The van der Waals surface area contributed by atoms with Crippen molar-refractivity contribution < 1.29 is 23.1 Å². The molecule has 1 aromatic carbocycles. The van der Waals surface area contributed by atoms with E-state index in [9.17, 15) is 13.2 Å². The average molecular weight is 313 g/mol. The van der Waals surface area contributed by atoms with Gasteiger partial charge in [-0.3, -0.25) is 0 Å². The summed E-state index contributed by atoms with van der Waals surface area (Å²) in [7, 11) is -3.09. The van der Waals surface area contributed by atoms with Gasteiger partial charge in [0.2, 0.25) is 0 Å². The van der Waals surface area contributed by atoms with E-state index in [0.717, 1.165) is 5.56 Å². The maximum atomic E-state index is 12.1. The van der Waals surface area contributed by atoms with Gasteiger partial charge >= 0.3 is 6.09 Å². The molecule has 1 aromatic rings. The maximum Gasteiger partial charge on any atom is 0.410 e. The summed E-state index contributed by atoms with van der Waals surface area (Å²) in [6.45, 7) is -0.0220. The Hall–Kier alpha value is -1.60. The highest BCUT2D eigenvalue weighted by atomic mass is 32.2. The van der Waals surface area contributed by atoms with E-state index in [1.54, 1.807) is 0 Å². The minimum absolute atomic E-state index is 0.0621. The molecule has 116 valence electrons. The lowest BCUT2D eigenvalue weighted by molar-refractivity contribution is 0.0757. The number of hydrogen-bond donors (Lipinski definition) is 1. The van der Waals surface area contributed by atoms with Crippen LogP contribution in [0.5, 0.6) is 0 Å². The maximum absolute atomic E-state index is 12.1. The van der Waals surface area contributed by atoms with Gasteiger partial charge in [-0.15, -0.1) is 0 Å². The molecule has 1 saturated heterocycles. The van der Waals surface area contributed by atoms with E-state index in [-0.39, 0.29) is 31.3 Å². The van der Waals surface area contributed by atoms with Crippen LogP contribution >= 0.6 is 0 Å². The summed E-state index contributed by atoms with van der Waals surface area (Å²) in [4.78, 5) is 13.4. The fourth-order valence-electron chi connectivity index (χ4n) is 2.35. The van der Waals surface area contributed by atoms with Crippen LogP contribution in [0.1, 0.15) is 12.0 Å². The Morgan fingerprint density at radius 3 is 2.62 bits per heavy atom. The van der Waals surface area contributed by atoms with Crippen LogP contribution in [0, 0.1) is 0 Å². The summed E-state index contributed by atoms with van der Waals surface area (Å²) in [6.07, 6.45) is -0.196. The Bertz CT molecular complexity index is 572. The monoisotopic (exact) mass is 313 g/mol. The number of aliphatic hydroxyl groups excluding tert-OH is 1. The quantitative estimate of drug-likeness (QED) is 0.869. The van der Waals surface area contributed by atoms with Crippen molar-refractivity contribution in [2.24, 2.45) is 0 Å². The van der Waals surface area contributed by atoms with Gasteiger partial charge in [-0.25, -0.2) is 13.2 Å². The molecule has 1 heterocycles. The Balaban J connectivity index is 1.96. The van der Waals surface area contributed by atoms with Crippen LogP contribution < -0.4 is 0 Å². The number of benzene rings is 1. The molecule has 0 spiro atoms. The topological polar surface area (TPSA) is 83.9 Å². The van der Waals surface area contributed by atoms with Crippen molar-refractivity contribution in [3.63, 3.8) is 0 Å². The van der Waals surface area contributed by atoms with E-state index in [1.165, 1.54) is 4.90 Å². The number of nitrogens with zero attached hydrogens (tertiary/aromatic N) is 1. The van der Waals surface area contributed by atoms with Crippen LogP contribution in [0.3, 0.4) is 0 Å². The zero-order valence-electron chi connectivity index (χ0n) is 11.6. The van der Waals surface area contributed by atoms with Crippen molar-refractivity contribution in [1.82, 2.24) is 4.90 Å². The standard InChI is InChI=1S/C14H19NO5S/c16-8-7-15(13-6-9-21(18,19)11-13)14(17)20-10-12-4-2-1-3-5-12/h1-5,13,16H,6-11H2. The van der Waals surface area contributed by atoms with Gasteiger partial charge in [0.15, 0.2) is 9.84 Å². The highest BCUT2D eigenvalue weighted by molar-refractivity contribution is 7.91. The Morgan fingerprint density at radius 2 is 2.05 bits per heavy atom. The number of carbonyl (C=O) groups is 1. The van der Waals surface area contributed by atoms with Crippen LogP contribution in [0.25, 0.3) is 0 Å². The van der Waals surface area contributed by atoms with Gasteiger partial charge in [-0.1, -0.05) is 30.3 Å². The van der Waals surface area contributed by atoms with Gasteiger partial charge in [0.05, 0.1) is 24.2 Å². The molecule has 1 N–H and O–H groups in total. The predicted molar refractivity (Wildman–Crippen MR) is 77.5 cm³/mol. The van der Waals surface area contributed by atoms with E-state index < -0.39 is 22.0 Å². The van der Waals surface area contributed by atoms with Crippen LogP contribution in [0.4, 0.5) is 4.79 Å². The van der Waals surface area contributed by atoms with Gasteiger partial charge in [0, 0.05) is 6.54 Å². The third-order valence-electron chi connectivity index (χ3n) is 3.43. The molecule has 1 atom stereocenters. The van der Waals surface area contributed by atoms with Crippen molar-refractivity contribution in [1.29, 1.82) is 0 Å². The van der Waals surface area contributed by atoms with E-state index in [1.807, 2.05) is 30.3 Å². The molecule has 0 saturated carbocycles. The molecule has 7 heteroatoms. The lowest BCUT2D eigenvalue weighted by atomic mass is 10.2. The van der Waals surface area contributed by atoms with Crippen LogP contribution in [-0.4, -0.2) is 55.2 Å². The number of aliphatic hydroxyl groups is 1. The number of ether oxygens (including phenoxy) is 1. The molecule has 0 radical (unpaired) electrons. The van der Waals surface area contributed by atoms with Crippen molar-refractivity contribution in [3.05, 3.63) is 35.9 Å². The molecule has 2 rings (SSSR count). The molecule has 1 fully saturated rings. The molecule has 21 heavy (non-hydrogen) atoms. The number of carbonyl (C=O) groups excluding carboxylic acids is 1. The zero-order valence-corrected chi connectivity index (χ0v) is 12.5. The molecule has 0 aliphatic carbocycles. The molecular weight excluding hydrogens is 294 g/mol. The molecule has 1 aliphatic rings. The molecule has 0 bridgehead atoms. The van der Waals surface area contributed by atoms with Crippen LogP contribution in [-0.2, 0) is 21.2 Å². The second kappa shape index (κ2) is 6.91. The normalized spacial score (nSPS) is 20.1. The summed E-state index contributed by atoms with van der Waals surface area (Å²) >= 11 is 0. The van der Waals surface area contributed by atoms with E-state index in [0.29, 0.717) is 6.42 Å². The van der Waals surface area contributed by atoms with Crippen LogP contribution in [0.15, 0.2) is 30.3 Å². The summed E-state index contributed by atoms with van der Waals surface area (Å²) in [5, 5.41) is 9.06. The predicted octanol–water partition coefficient (Wildman–Crippen LogP) is 0.805. The second-order valence-electron chi connectivity index (χ2n) is 5.01. The second-order valence-corrected chi connectivity index (χ2v) is 7.24. The third-order valence-corrected chi connectivity index (χ3v) is 5.18. The molecule has 1 aliphatic heterocycles. The number of amides is 1. The minimum atomic E-state index is -3.09. The van der Waals surface area contributed by atoms with Crippen molar-refractivity contribution in [2.45, 2.75) is 19.1 Å². The first-order chi connectivity index (χ1) is 10.0. The van der Waals surface area contributed by atoms with Gasteiger partial charge in [0.25, 0.3) is 0 Å². The molecular formula is C14H19NO5S. The van der Waals surface area contributed by atoms with Crippen LogP contribution in [0.2, 0.25) is 0 Å². The Kier molecular flexibility index (Phi) is 5.19. The van der Waals surface area contributed by atoms with Crippen molar-refractivity contribution in [2.75, 3.05) is 24.7 Å². The lowest BCUT2D eigenvalue weighted by Crippen LogP contribution is -2.43. The van der Waals surface area contributed by atoms with Crippen molar-refractivity contribution >= 4 is 15.9 Å². The number of rotatable bonds is 5. The SMILES string of the molecule is O=C(OCc1ccccc1)N(CCO)C1CCS(=O)(=O)C1. The molecule has 1 amide bonds. The third kappa shape index (κ3) is 4.44. The van der Waals surface area contributed by atoms with Gasteiger partial charge in [0.1, 0.15) is 6.61 Å². The first-order valence-corrected chi connectivity index (χ1v) is 8.62.